The number of carbonyl (C=O) groups is 1. The van der Waals surface area contributed by atoms with Crippen LogP contribution in [0.1, 0.15) is 10.4 Å². The van der Waals surface area contributed by atoms with Gasteiger partial charge in [0.2, 0.25) is 0 Å². The van der Waals surface area contributed by atoms with Crippen molar-refractivity contribution in [3.63, 3.8) is 0 Å². The lowest BCUT2D eigenvalue weighted by Gasteiger charge is -2.07. The van der Waals surface area contributed by atoms with Crippen molar-refractivity contribution < 1.29 is 9.53 Å². The summed E-state index contributed by atoms with van der Waals surface area (Å²) in [5, 5.41) is 0. The lowest BCUT2D eigenvalue weighted by atomic mass is 10.2. The van der Waals surface area contributed by atoms with Gasteiger partial charge in [-0.3, -0.25) is 0 Å². The molecule has 16 heavy (non-hydrogen) atoms. The monoisotopic (exact) mass is 326 g/mol. The summed E-state index contributed by atoms with van der Waals surface area (Å²) in [4.78, 5) is 11.6. The molecule has 82 valence electrons. The maximum Gasteiger partial charge on any atom is 0.338 e. The highest BCUT2D eigenvalue weighted by Crippen LogP contribution is 2.12. The van der Waals surface area contributed by atoms with Gasteiger partial charge in [-0.25, -0.2) is 4.79 Å². The Morgan fingerprint density at radius 1 is 1.19 bits per heavy atom. The first-order chi connectivity index (χ1) is 7.75. The van der Waals surface area contributed by atoms with Crippen molar-refractivity contribution in [3.05, 3.63) is 57.7 Å². The molecule has 0 saturated carbocycles. The zero-order valence-corrected chi connectivity index (χ0v) is 10.8. The van der Waals surface area contributed by atoms with Gasteiger partial charge in [0.15, 0.2) is 0 Å². The van der Waals surface area contributed by atoms with Crippen LogP contribution in [0, 0.1) is 9.49 Å². The normalized spacial score (nSPS) is 14.3. The van der Waals surface area contributed by atoms with Gasteiger partial charge in [-0.1, -0.05) is 24.3 Å². The predicted octanol–water partition coefficient (Wildman–Crippen LogP) is 3.19. The topological polar surface area (TPSA) is 26.3 Å². The van der Waals surface area contributed by atoms with E-state index in [2.05, 4.69) is 22.6 Å². The highest BCUT2D eigenvalue weighted by molar-refractivity contribution is 14.1. The zero-order chi connectivity index (χ0) is 11.4. The average molecular weight is 326 g/mol. The second-order valence-electron chi connectivity index (χ2n) is 3.54. The molecule has 1 aliphatic rings. The minimum Gasteiger partial charge on any atom is -0.461 e. The Hall–Kier alpha value is -1.10. The lowest BCUT2D eigenvalue weighted by molar-refractivity contribution is 0.0484. The third-order valence-electron chi connectivity index (χ3n) is 2.31. The second-order valence-corrected chi connectivity index (χ2v) is 4.78. The SMILES string of the molecule is O=C(OCC1C=CC=C1)c1ccc(I)cc1. The molecule has 0 aromatic heterocycles. The van der Waals surface area contributed by atoms with Gasteiger partial charge in [0.05, 0.1) is 5.56 Å². The molecule has 0 spiro atoms. The first kappa shape index (κ1) is 11.4. The number of halogens is 1. The van der Waals surface area contributed by atoms with Crippen molar-refractivity contribution in [3.8, 4) is 0 Å². The maximum atomic E-state index is 11.6. The number of rotatable bonds is 3. The molecule has 1 aromatic rings. The molecule has 0 heterocycles. The largest absolute Gasteiger partial charge is 0.461 e. The van der Waals surface area contributed by atoms with Gasteiger partial charge in [-0.15, -0.1) is 0 Å². The highest BCUT2D eigenvalue weighted by Gasteiger charge is 2.10. The van der Waals surface area contributed by atoms with Crippen molar-refractivity contribution in [2.45, 2.75) is 0 Å². The Morgan fingerprint density at radius 3 is 2.44 bits per heavy atom. The fourth-order valence-corrected chi connectivity index (χ4v) is 1.79. The third-order valence-corrected chi connectivity index (χ3v) is 3.03. The van der Waals surface area contributed by atoms with Crippen LogP contribution >= 0.6 is 22.6 Å². The van der Waals surface area contributed by atoms with E-state index < -0.39 is 0 Å². The number of benzene rings is 1. The van der Waals surface area contributed by atoms with E-state index in [1.165, 1.54) is 0 Å². The van der Waals surface area contributed by atoms with Crippen LogP contribution in [0.2, 0.25) is 0 Å². The van der Waals surface area contributed by atoms with Crippen LogP contribution in [0.25, 0.3) is 0 Å². The number of hydrogen-bond donors (Lipinski definition) is 0. The molecule has 0 fully saturated rings. The Morgan fingerprint density at radius 2 is 1.81 bits per heavy atom. The first-order valence-electron chi connectivity index (χ1n) is 5.03. The van der Waals surface area contributed by atoms with E-state index in [-0.39, 0.29) is 11.9 Å². The van der Waals surface area contributed by atoms with Gasteiger partial charge in [0, 0.05) is 9.49 Å². The van der Waals surface area contributed by atoms with Crippen LogP contribution in [0.5, 0.6) is 0 Å². The van der Waals surface area contributed by atoms with Crippen molar-refractivity contribution in [2.75, 3.05) is 6.61 Å². The van der Waals surface area contributed by atoms with E-state index in [1.54, 1.807) is 12.1 Å². The molecule has 2 rings (SSSR count). The van der Waals surface area contributed by atoms with E-state index >= 15 is 0 Å². The summed E-state index contributed by atoms with van der Waals surface area (Å²) in [7, 11) is 0. The fourth-order valence-electron chi connectivity index (χ4n) is 1.43. The molecule has 0 atom stereocenters. The smallest absolute Gasteiger partial charge is 0.338 e. The van der Waals surface area contributed by atoms with Crippen LogP contribution in [0.4, 0.5) is 0 Å². The zero-order valence-electron chi connectivity index (χ0n) is 8.60. The van der Waals surface area contributed by atoms with Gasteiger partial charge in [-0.05, 0) is 46.9 Å². The summed E-state index contributed by atoms with van der Waals surface area (Å²) in [6, 6.07) is 7.36. The molecule has 0 bridgehead atoms. The molecule has 0 saturated heterocycles. The Bertz CT molecular complexity index is 420. The van der Waals surface area contributed by atoms with Crippen molar-refractivity contribution in [1.29, 1.82) is 0 Å². The molecule has 2 nitrogen and oxygen atoms in total. The summed E-state index contributed by atoms with van der Waals surface area (Å²) in [5.74, 6) is -0.0297. The molecular formula is C13H11IO2. The van der Waals surface area contributed by atoms with Crippen molar-refractivity contribution in [2.24, 2.45) is 5.92 Å². The molecule has 0 amide bonds. The number of carbonyl (C=O) groups excluding carboxylic acids is 1. The van der Waals surface area contributed by atoms with Crippen LogP contribution < -0.4 is 0 Å². The number of esters is 1. The van der Waals surface area contributed by atoms with E-state index in [9.17, 15) is 4.79 Å². The van der Waals surface area contributed by atoms with Gasteiger partial charge in [-0.2, -0.15) is 0 Å². The third kappa shape index (κ3) is 2.95. The number of hydrogen-bond acceptors (Lipinski definition) is 2. The van der Waals surface area contributed by atoms with Crippen LogP contribution in [-0.2, 0) is 4.74 Å². The van der Waals surface area contributed by atoms with Gasteiger partial charge >= 0.3 is 5.97 Å². The maximum absolute atomic E-state index is 11.6. The van der Waals surface area contributed by atoms with E-state index in [0.29, 0.717) is 12.2 Å². The Balaban J connectivity index is 1.90. The molecule has 1 aromatic carbocycles. The fraction of sp³-hybridized carbons (Fsp3) is 0.154. The average Bonchev–Trinajstić information content (AvgIpc) is 2.80. The Kier molecular flexibility index (Phi) is 3.77. The molecule has 0 unspecified atom stereocenters. The van der Waals surface area contributed by atoms with Crippen molar-refractivity contribution in [1.82, 2.24) is 0 Å². The van der Waals surface area contributed by atoms with Gasteiger partial charge in [0.25, 0.3) is 0 Å². The van der Waals surface area contributed by atoms with E-state index in [0.717, 1.165) is 3.57 Å². The first-order valence-corrected chi connectivity index (χ1v) is 6.11. The molecule has 0 N–H and O–H groups in total. The number of ether oxygens (including phenoxy) is 1. The van der Waals surface area contributed by atoms with Gasteiger partial charge < -0.3 is 4.74 Å². The van der Waals surface area contributed by atoms with E-state index in [1.807, 2.05) is 36.4 Å². The molecule has 3 heteroatoms. The predicted molar refractivity (Wildman–Crippen MR) is 71.2 cm³/mol. The lowest BCUT2D eigenvalue weighted by Crippen LogP contribution is -2.10. The van der Waals surface area contributed by atoms with Gasteiger partial charge in [0.1, 0.15) is 6.61 Å². The molecule has 0 radical (unpaired) electrons. The summed E-state index contributed by atoms with van der Waals surface area (Å²) in [6.07, 6.45) is 7.95. The standard InChI is InChI=1S/C13H11IO2/c14-12-7-5-11(6-8-12)13(15)16-9-10-3-1-2-4-10/h1-8,10H,9H2. The minimum atomic E-state index is -0.259. The Labute approximate surface area is 108 Å². The number of allylic oxidation sites excluding steroid dienone is 2. The summed E-state index contributed by atoms with van der Waals surface area (Å²) in [5.41, 5.74) is 0.603. The summed E-state index contributed by atoms with van der Waals surface area (Å²) >= 11 is 2.20. The molecular weight excluding hydrogens is 315 g/mol. The van der Waals surface area contributed by atoms with Crippen molar-refractivity contribution >= 4 is 28.6 Å². The highest BCUT2D eigenvalue weighted by atomic mass is 127. The quantitative estimate of drug-likeness (QED) is 0.630. The van der Waals surface area contributed by atoms with Crippen LogP contribution in [-0.4, -0.2) is 12.6 Å². The summed E-state index contributed by atoms with van der Waals surface area (Å²) in [6.45, 7) is 0.415. The minimum absolute atomic E-state index is 0.229. The summed E-state index contributed by atoms with van der Waals surface area (Å²) < 4.78 is 6.32. The van der Waals surface area contributed by atoms with E-state index in [4.69, 9.17) is 4.74 Å². The molecule has 0 aliphatic heterocycles. The molecule has 1 aliphatic carbocycles. The second kappa shape index (κ2) is 5.30. The van der Waals surface area contributed by atoms with Crippen LogP contribution in [0.15, 0.2) is 48.6 Å². The van der Waals surface area contributed by atoms with Crippen LogP contribution in [0.3, 0.4) is 0 Å².